The van der Waals surface area contributed by atoms with Crippen LogP contribution in [0.15, 0.2) is 12.1 Å². The Morgan fingerprint density at radius 2 is 1.74 bits per heavy atom. The molecule has 0 spiro atoms. The molecule has 6 heteroatoms. The Morgan fingerprint density at radius 3 is 2.11 bits per heavy atom. The van der Waals surface area contributed by atoms with Crippen molar-refractivity contribution in [3.05, 3.63) is 17.7 Å². The Bertz CT molecular complexity index is 423. The van der Waals surface area contributed by atoms with E-state index < -0.39 is 0 Å². The first-order valence-corrected chi connectivity index (χ1v) is 6.19. The molecule has 1 N–H and O–H groups in total. The van der Waals surface area contributed by atoms with Crippen LogP contribution in [0.3, 0.4) is 0 Å². The summed E-state index contributed by atoms with van der Waals surface area (Å²) in [5.74, 6) is 1.08. The molecule has 1 aromatic carbocycles. The zero-order chi connectivity index (χ0) is 14.4. The zero-order valence-electron chi connectivity index (χ0n) is 11.5. The van der Waals surface area contributed by atoms with E-state index >= 15 is 0 Å². The van der Waals surface area contributed by atoms with Gasteiger partial charge in [0.05, 0.1) is 21.3 Å². The van der Waals surface area contributed by atoms with Gasteiger partial charge in [-0.15, -0.1) is 11.6 Å². The Morgan fingerprint density at radius 1 is 1.21 bits per heavy atom. The van der Waals surface area contributed by atoms with Crippen molar-refractivity contribution < 1.29 is 19.0 Å². The maximum absolute atomic E-state index is 12.0. The summed E-state index contributed by atoms with van der Waals surface area (Å²) >= 11 is 5.79. The van der Waals surface area contributed by atoms with Crippen LogP contribution in [0.5, 0.6) is 17.2 Å². The number of hydrogen-bond donors (Lipinski definition) is 1. The summed E-state index contributed by atoms with van der Waals surface area (Å²) < 4.78 is 15.6. The first kappa shape index (κ1) is 15.4. The van der Waals surface area contributed by atoms with Crippen LogP contribution in [0.4, 0.5) is 0 Å². The van der Waals surface area contributed by atoms with E-state index in [1.165, 1.54) is 21.3 Å². The van der Waals surface area contributed by atoms with Gasteiger partial charge in [0.25, 0.3) is 5.91 Å². The lowest BCUT2D eigenvalue weighted by molar-refractivity contribution is 0.0953. The minimum absolute atomic E-state index is 0.133. The highest BCUT2D eigenvalue weighted by molar-refractivity contribution is 6.20. The van der Waals surface area contributed by atoms with E-state index in [0.29, 0.717) is 29.4 Å². The summed E-state index contributed by atoms with van der Waals surface area (Å²) in [7, 11) is 4.51. The number of halogens is 1. The lowest BCUT2D eigenvalue weighted by Crippen LogP contribution is -2.28. The highest BCUT2D eigenvalue weighted by Crippen LogP contribution is 2.38. The number of carbonyl (C=O) groups is 1. The molecule has 1 rings (SSSR count). The topological polar surface area (TPSA) is 56.8 Å². The molecule has 1 amide bonds. The van der Waals surface area contributed by atoms with Crippen LogP contribution in [0, 0.1) is 0 Å². The van der Waals surface area contributed by atoms with Gasteiger partial charge in [0.1, 0.15) is 0 Å². The summed E-state index contributed by atoms with van der Waals surface area (Å²) in [4.78, 5) is 12.0. The Hall–Kier alpha value is -1.62. The van der Waals surface area contributed by atoms with Gasteiger partial charge in [0.2, 0.25) is 5.75 Å². The number of hydrogen-bond acceptors (Lipinski definition) is 4. The number of benzene rings is 1. The average molecular weight is 288 g/mol. The van der Waals surface area contributed by atoms with Crippen LogP contribution < -0.4 is 19.5 Å². The van der Waals surface area contributed by atoms with Gasteiger partial charge in [-0.25, -0.2) is 0 Å². The molecule has 1 unspecified atom stereocenters. The van der Waals surface area contributed by atoms with Gasteiger partial charge in [-0.2, -0.15) is 0 Å². The second-order valence-corrected chi connectivity index (χ2v) is 4.65. The van der Waals surface area contributed by atoms with Crippen LogP contribution >= 0.6 is 11.6 Å². The first-order chi connectivity index (χ1) is 9.03. The third kappa shape index (κ3) is 3.92. The Kier molecular flexibility index (Phi) is 5.76. The van der Waals surface area contributed by atoms with Gasteiger partial charge in [0, 0.05) is 17.5 Å². The fraction of sp³-hybridized carbons (Fsp3) is 0.462. The van der Waals surface area contributed by atoms with Gasteiger partial charge >= 0.3 is 0 Å². The lowest BCUT2D eigenvalue weighted by Gasteiger charge is -2.14. The fourth-order valence-corrected chi connectivity index (χ4v) is 1.62. The number of alkyl halides is 1. The third-order valence-corrected chi connectivity index (χ3v) is 2.63. The van der Waals surface area contributed by atoms with Crippen molar-refractivity contribution in [1.82, 2.24) is 5.32 Å². The smallest absolute Gasteiger partial charge is 0.251 e. The van der Waals surface area contributed by atoms with Gasteiger partial charge in [-0.1, -0.05) is 0 Å². The molecule has 0 aliphatic rings. The molecular weight excluding hydrogens is 270 g/mol. The van der Waals surface area contributed by atoms with Gasteiger partial charge in [-0.05, 0) is 19.1 Å². The molecule has 0 heterocycles. The van der Waals surface area contributed by atoms with Crippen LogP contribution in [-0.4, -0.2) is 39.2 Å². The van der Waals surface area contributed by atoms with E-state index in [4.69, 9.17) is 25.8 Å². The standard InChI is InChI=1S/C13H18ClNO4/c1-8(14)7-15-13(16)9-5-10(17-2)12(19-4)11(6-9)18-3/h5-6,8H,7H2,1-4H3,(H,15,16). The van der Waals surface area contributed by atoms with Gasteiger partial charge in [0.15, 0.2) is 11.5 Å². The average Bonchev–Trinajstić information content (AvgIpc) is 2.42. The van der Waals surface area contributed by atoms with Crippen LogP contribution in [0.25, 0.3) is 0 Å². The highest BCUT2D eigenvalue weighted by atomic mass is 35.5. The molecule has 0 aromatic heterocycles. The van der Waals surface area contributed by atoms with E-state index in [0.717, 1.165) is 0 Å². The van der Waals surface area contributed by atoms with E-state index in [1.807, 2.05) is 0 Å². The quantitative estimate of drug-likeness (QED) is 0.814. The van der Waals surface area contributed by atoms with Crippen molar-refractivity contribution in [2.24, 2.45) is 0 Å². The molecular formula is C13H18ClNO4. The predicted octanol–water partition coefficient (Wildman–Crippen LogP) is 2.07. The fourth-order valence-electron chi connectivity index (χ4n) is 1.55. The molecule has 0 saturated carbocycles. The second kappa shape index (κ2) is 7.09. The predicted molar refractivity (Wildman–Crippen MR) is 73.7 cm³/mol. The number of rotatable bonds is 6. The van der Waals surface area contributed by atoms with Crippen LogP contribution in [0.2, 0.25) is 0 Å². The molecule has 1 atom stereocenters. The molecule has 5 nitrogen and oxygen atoms in total. The van der Waals surface area contributed by atoms with Crippen LogP contribution in [-0.2, 0) is 0 Å². The van der Waals surface area contributed by atoms with Gasteiger partial charge in [-0.3, -0.25) is 4.79 Å². The monoisotopic (exact) mass is 287 g/mol. The number of methoxy groups -OCH3 is 3. The maximum Gasteiger partial charge on any atom is 0.251 e. The van der Waals surface area contributed by atoms with E-state index in [-0.39, 0.29) is 11.3 Å². The second-order valence-electron chi connectivity index (χ2n) is 3.90. The SMILES string of the molecule is COc1cc(C(=O)NCC(C)Cl)cc(OC)c1OC. The third-order valence-electron chi connectivity index (χ3n) is 2.47. The summed E-state index contributed by atoms with van der Waals surface area (Å²) in [6.07, 6.45) is 0. The number of nitrogens with one attached hydrogen (secondary N) is 1. The van der Waals surface area contributed by atoms with E-state index in [1.54, 1.807) is 19.1 Å². The summed E-state index contributed by atoms with van der Waals surface area (Å²) in [5, 5.41) is 2.58. The molecule has 0 fully saturated rings. The molecule has 1 aromatic rings. The molecule has 0 radical (unpaired) electrons. The van der Waals surface area contributed by atoms with E-state index in [9.17, 15) is 4.79 Å². The Labute approximate surface area is 117 Å². The van der Waals surface area contributed by atoms with Gasteiger partial charge < -0.3 is 19.5 Å². The zero-order valence-corrected chi connectivity index (χ0v) is 12.2. The van der Waals surface area contributed by atoms with Crippen molar-refractivity contribution in [2.45, 2.75) is 12.3 Å². The highest BCUT2D eigenvalue weighted by Gasteiger charge is 2.16. The number of amides is 1. The van der Waals surface area contributed by atoms with Crippen molar-refractivity contribution in [2.75, 3.05) is 27.9 Å². The van der Waals surface area contributed by atoms with Crippen molar-refractivity contribution >= 4 is 17.5 Å². The first-order valence-electron chi connectivity index (χ1n) is 5.75. The molecule has 0 saturated heterocycles. The largest absolute Gasteiger partial charge is 0.493 e. The minimum Gasteiger partial charge on any atom is -0.493 e. The lowest BCUT2D eigenvalue weighted by atomic mass is 10.1. The van der Waals surface area contributed by atoms with Crippen molar-refractivity contribution in [1.29, 1.82) is 0 Å². The molecule has 0 aliphatic heterocycles. The molecule has 0 aliphatic carbocycles. The normalized spacial score (nSPS) is 11.6. The molecule has 106 valence electrons. The van der Waals surface area contributed by atoms with Crippen molar-refractivity contribution in [3.8, 4) is 17.2 Å². The van der Waals surface area contributed by atoms with E-state index in [2.05, 4.69) is 5.32 Å². The number of ether oxygens (including phenoxy) is 3. The minimum atomic E-state index is -0.244. The summed E-state index contributed by atoms with van der Waals surface area (Å²) in [6.45, 7) is 2.19. The number of carbonyl (C=O) groups excluding carboxylic acids is 1. The van der Waals surface area contributed by atoms with Crippen molar-refractivity contribution in [3.63, 3.8) is 0 Å². The summed E-state index contributed by atoms with van der Waals surface area (Å²) in [6, 6.07) is 3.19. The molecule has 19 heavy (non-hydrogen) atoms. The Balaban J connectivity index is 3.05. The maximum atomic E-state index is 12.0. The summed E-state index contributed by atoms with van der Waals surface area (Å²) in [5.41, 5.74) is 0.423. The molecule has 0 bridgehead atoms. The van der Waals surface area contributed by atoms with Crippen LogP contribution in [0.1, 0.15) is 17.3 Å².